The van der Waals surface area contributed by atoms with Crippen LogP contribution >= 0.6 is 36.2 Å². The van der Waals surface area contributed by atoms with Crippen LogP contribution in [0.25, 0.3) is 0 Å². The van der Waals surface area contributed by atoms with Gasteiger partial charge in [0.25, 0.3) is 0 Å². The number of thiol groups is 1. The molecule has 30 nitrogen and oxygen atoms in total. The molecular formula is C116H190N8O22S3. The monoisotopic (exact) mass is 2140 g/mol. The number of nitrogens with zero attached hydrogens (tertiary/aromatic N) is 8. The molecule has 6 rings (SSSR count). The SMILES string of the molecule is CCCCS.CCCCSC1CC(=O)N(CCCCCC(=O)N(C)[C@H](C(=O)C[C@H](C(=O)N(C)[C@@H]([C@@H](C)CC)[C@@H](CC(=O)N2CCC[C@H]2[C@H](OC)[C@@H](C)C(=O)C[C@@H](Cc2ccc(C)cc2)C(=O)O)OC)C(C)C)C(C)C)C1=O.CCCCSC1CC(=O)N(CCCCCC(=O)N(C)[C@H](C(=O)C[C@H](C(=O)N(C)[C@@H]([C@@H](C)CC)[C@@H](CC(=O)N2CCC[C@H]2[C@H](OC)[C@@H](C)C(=O)C[C@@H](Cc2ccc(C)cc2)C(=O)O)OC)C(C)C)C(C)C)C1=O. The Morgan fingerprint density at radius 3 is 1.03 bits per heavy atom. The number of carboxylic acids is 2. The quantitative estimate of drug-likeness (QED) is 0.0314. The summed E-state index contributed by atoms with van der Waals surface area (Å²) < 4.78 is 24.1. The summed E-state index contributed by atoms with van der Waals surface area (Å²) >= 11 is 7.11. The first-order valence-corrected chi connectivity index (χ1v) is 58.2. The van der Waals surface area contributed by atoms with Crippen molar-refractivity contribution in [2.45, 2.75) is 395 Å². The van der Waals surface area contributed by atoms with Crippen molar-refractivity contribution in [3.8, 4) is 0 Å². The van der Waals surface area contributed by atoms with Crippen LogP contribution in [0.15, 0.2) is 48.5 Å². The number of carboxylic acid groups (broad SMARTS) is 2. The van der Waals surface area contributed by atoms with E-state index in [9.17, 15) is 86.9 Å². The fourth-order valence-electron chi connectivity index (χ4n) is 21.6. The lowest BCUT2D eigenvalue weighted by atomic mass is 9.83. The lowest BCUT2D eigenvalue weighted by Crippen LogP contribution is -2.54. The molecule has 149 heavy (non-hydrogen) atoms. The second-order valence-corrected chi connectivity index (χ2v) is 46.8. The number of likely N-dealkylation sites (tertiary alicyclic amines) is 4. The van der Waals surface area contributed by atoms with E-state index in [4.69, 9.17) is 18.9 Å². The lowest BCUT2D eigenvalue weighted by molar-refractivity contribution is -0.150. The molecule has 0 spiro atoms. The summed E-state index contributed by atoms with van der Waals surface area (Å²) in [4.78, 5) is 230. The normalized spacial score (nSPS) is 19.1. The largest absolute Gasteiger partial charge is 0.481 e. The fraction of sp³-hybridized carbons (Fsp3) is 0.759. The van der Waals surface area contributed by atoms with Crippen LogP contribution in [0.2, 0.25) is 0 Å². The Morgan fingerprint density at radius 1 is 0.423 bits per heavy atom. The van der Waals surface area contributed by atoms with Crippen molar-refractivity contribution in [2.24, 2.45) is 71.0 Å². The zero-order valence-electron chi connectivity index (χ0n) is 95.5. The highest BCUT2D eigenvalue weighted by atomic mass is 32.2. The zero-order chi connectivity index (χ0) is 112. The van der Waals surface area contributed by atoms with E-state index in [0.29, 0.717) is 103 Å². The second-order valence-electron chi connectivity index (χ2n) is 43.7. The molecule has 4 fully saturated rings. The van der Waals surface area contributed by atoms with Crippen LogP contribution in [-0.2, 0) is 109 Å². The molecule has 0 aliphatic carbocycles. The molecule has 10 amide bonds. The molecule has 2 N–H and O–H groups in total. The van der Waals surface area contributed by atoms with E-state index in [1.807, 2.05) is 145 Å². The third-order valence-corrected chi connectivity index (χ3v) is 34.1. The van der Waals surface area contributed by atoms with Crippen LogP contribution < -0.4 is 0 Å². The number of thioether (sulfide) groups is 2. The number of amides is 10. The number of carbonyl (C=O) groups excluding carboxylic acids is 14. The van der Waals surface area contributed by atoms with Gasteiger partial charge in [-0.1, -0.05) is 222 Å². The number of ether oxygens (including phenoxy) is 4. The van der Waals surface area contributed by atoms with Crippen molar-refractivity contribution < 1.29 is 106 Å². The topological polar surface area (TPSA) is 376 Å². The molecule has 2 aromatic carbocycles. The van der Waals surface area contributed by atoms with Crippen molar-refractivity contribution in [1.82, 2.24) is 39.2 Å². The van der Waals surface area contributed by atoms with Gasteiger partial charge in [0.05, 0.1) is 95.8 Å². The second kappa shape index (κ2) is 68.3. The first kappa shape index (κ1) is 133. The van der Waals surface area contributed by atoms with Gasteiger partial charge in [0.1, 0.15) is 11.6 Å². The summed E-state index contributed by atoms with van der Waals surface area (Å²) in [5.41, 5.74) is 3.79. The van der Waals surface area contributed by atoms with Crippen molar-refractivity contribution in [3.63, 3.8) is 0 Å². The standard InChI is InChI=1S/2C56H90N4O11S.C4H10S/c2*1-14-16-29-72-47-34-50(65)60(55(47)67)27-19-17-18-22-48(63)57(10)51(36(5)6)45(62)32-42(35(3)4)54(66)58(11)52(38(8)15-2)46(70-12)33-49(64)59-28-20-21-43(59)53(71-13)39(9)44(61)31-41(56(68)69)30-40-25-23-37(7)24-26-40;1-2-3-4-5/h2*23-26,35-36,38-39,41-43,46-47,51-53H,14-22,27-34H2,1-13H3,(H,68,69);5H,2-4H2,1H3/t2*38-,39-,41+,42-,43-,46+,47?,51-,52-,53+;/m00./s1. The van der Waals surface area contributed by atoms with Crippen LogP contribution in [0.4, 0.5) is 0 Å². The Balaban J connectivity index is 0.000000593. The minimum atomic E-state index is -1.04. The maximum absolute atomic E-state index is 14.7. The molecule has 4 aliphatic rings. The number of aliphatic carboxylic acids is 2. The maximum atomic E-state index is 14.7. The molecule has 0 aromatic heterocycles. The average Bonchev–Trinajstić information content (AvgIpc) is 1.03. The van der Waals surface area contributed by atoms with Gasteiger partial charge in [-0.05, 0) is 161 Å². The highest BCUT2D eigenvalue weighted by molar-refractivity contribution is 8.00. The minimum absolute atomic E-state index is 0.0448. The molecule has 33 heteroatoms. The fourth-order valence-corrected chi connectivity index (χ4v) is 24.4. The molecule has 4 saturated heterocycles. The summed E-state index contributed by atoms with van der Waals surface area (Å²) in [7, 11) is 12.8. The van der Waals surface area contributed by atoms with E-state index < -0.39 is 108 Å². The Hall–Kier alpha value is -7.95. The van der Waals surface area contributed by atoms with Gasteiger partial charge >= 0.3 is 11.9 Å². The number of carbonyl (C=O) groups is 16. The Kier molecular flexibility index (Phi) is 61.2. The Labute approximate surface area is 907 Å². The molecule has 0 radical (unpaired) electrons. The lowest BCUT2D eigenvalue weighted by Gasteiger charge is -2.41. The highest BCUT2D eigenvalue weighted by Crippen LogP contribution is 2.38. The predicted octanol–water partition coefficient (Wildman–Crippen LogP) is 17.8. The van der Waals surface area contributed by atoms with E-state index in [0.717, 1.165) is 65.2 Å². The number of ketones is 4. The number of unbranched alkanes of at least 4 members (excludes halogenated alkanes) is 7. The Bertz CT molecular complexity index is 4260. The molecular weight excluding hydrogens is 1950 g/mol. The van der Waals surface area contributed by atoms with Crippen LogP contribution in [0.3, 0.4) is 0 Å². The number of rotatable bonds is 68. The summed E-state index contributed by atoms with van der Waals surface area (Å²) in [6, 6.07) is 11.8. The van der Waals surface area contributed by atoms with Crippen molar-refractivity contribution >= 4 is 130 Å². The van der Waals surface area contributed by atoms with Gasteiger partial charge in [0.2, 0.25) is 59.1 Å². The third-order valence-electron chi connectivity index (χ3n) is 31.2. The van der Waals surface area contributed by atoms with Crippen LogP contribution in [0.1, 0.15) is 320 Å². The van der Waals surface area contributed by atoms with E-state index in [-0.39, 0.29) is 205 Å². The van der Waals surface area contributed by atoms with Gasteiger partial charge in [-0.3, -0.25) is 86.5 Å². The van der Waals surface area contributed by atoms with E-state index >= 15 is 0 Å². The average molecular weight is 2150 g/mol. The summed E-state index contributed by atoms with van der Waals surface area (Å²) in [6.45, 7) is 38.6. The van der Waals surface area contributed by atoms with Crippen LogP contribution in [0, 0.1) is 84.9 Å². The number of benzene rings is 2. The summed E-state index contributed by atoms with van der Waals surface area (Å²) in [5.74, 6) is -7.73. The highest BCUT2D eigenvalue weighted by Gasteiger charge is 2.49. The molecule has 844 valence electrons. The molecule has 20 atom stereocenters. The minimum Gasteiger partial charge on any atom is -0.481 e. The molecule has 4 aliphatic heterocycles. The van der Waals surface area contributed by atoms with Crippen LogP contribution in [0.5, 0.6) is 0 Å². The molecule has 0 bridgehead atoms. The molecule has 0 saturated carbocycles. The number of likely N-dealkylation sites (N-methyl/N-ethyl adjacent to an activating group) is 4. The number of methoxy groups -OCH3 is 4. The smallest absolute Gasteiger partial charge is 0.307 e. The molecule has 2 aromatic rings. The predicted molar refractivity (Wildman–Crippen MR) is 593 cm³/mol. The number of imide groups is 2. The zero-order valence-corrected chi connectivity index (χ0v) is 98.1. The number of hydrogen-bond acceptors (Lipinski definition) is 23. The number of hydrogen-bond donors (Lipinski definition) is 3. The van der Waals surface area contributed by atoms with E-state index in [1.54, 1.807) is 85.2 Å². The molecule has 4 heterocycles. The Morgan fingerprint density at radius 2 is 0.758 bits per heavy atom. The maximum Gasteiger partial charge on any atom is 0.307 e. The third kappa shape index (κ3) is 40.7. The van der Waals surface area contributed by atoms with Crippen molar-refractivity contribution in [2.75, 3.05) is 100 Å². The van der Waals surface area contributed by atoms with Gasteiger partial charge in [-0.2, -0.15) is 12.6 Å². The summed E-state index contributed by atoms with van der Waals surface area (Å²) in [5, 5.41) is 19.5. The van der Waals surface area contributed by atoms with Gasteiger partial charge < -0.3 is 58.6 Å². The van der Waals surface area contributed by atoms with Gasteiger partial charge in [0, 0.05) is 158 Å². The van der Waals surface area contributed by atoms with Gasteiger partial charge in [-0.15, -0.1) is 23.5 Å². The summed E-state index contributed by atoms with van der Waals surface area (Å²) in [6.07, 6.45) is 12.1. The molecule has 2 unspecified atom stereocenters. The van der Waals surface area contributed by atoms with Crippen molar-refractivity contribution in [1.29, 1.82) is 0 Å². The first-order chi connectivity index (χ1) is 70.5. The van der Waals surface area contributed by atoms with Crippen molar-refractivity contribution in [3.05, 3.63) is 70.8 Å². The van der Waals surface area contributed by atoms with Gasteiger partial charge in [-0.25, -0.2) is 0 Å². The van der Waals surface area contributed by atoms with Crippen LogP contribution in [-0.4, -0.2) is 315 Å². The van der Waals surface area contributed by atoms with E-state index in [2.05, 4.69) is 33.4 Å². The number of aryl methyl sites for hydroxylation is 2. The first-order valence-electron chi connectivity index (χ1n) is 55.4. The van der Waals surface area contributed by atoms with Gasteiger partial charge in [0.15, 0.2) is 11.6 Å². The number of Topliss-reactive ketones (excluding diaryl/α,β-unsaturated/α-hetero) is 4. The van der Waals surface area contributed by atoms with E-state index in [1.165, 1.54) is 60.9 Å².